The average Bonchev–Trinajstić information content (AvgIpc) is 2.51. The van der Waals surface area contributed by atoms with Crippen LogP contribution in [0.4, 0.5) is 0 Å². The van der Waals surface area contributed by atoms with Gasteiger partial charge in [0.25, 0.3) is 5.91 Å². The van der Waals surface area contributed by atoms with E-state index in [9.17, 15) is 4.79 Å². The largest absolute Gasteiger partial charge is 0.484 e. The molecule has 0 fully saturated rings. The van der Waals surface area contributed by atoms with Gasteiger partial charge in [0, 0.05) is 24.4 Å². The van der Waals surface area contributed by atoms with Crippen molar-refractivity contribution >= 4 is 23.5 Å². The van der Waals surface area contributed by atoms with E-state index in [1.54, 1.807) is 48.0 Å². The molecule has 6 nitrogen and oxygen atoms in total. The Hall–Kier alpha value is -1.89. The molecule has 0 saturated heterocycles. The van der Waals surface area contributed by atoms with Crippen LogP contribution in [-0.4, -0.2) is 53.6 Å². The molecule has 1 aromatic rings. The monoisotopic (exact) mass is 311 g/mol. The number of hydrogen-bond donors (Lipinski definition) is 2. The van der Waals surface area contributed by atoms with Gasteiger partial charge in [0.15, 0.2) is 12.4 Å². The van der Waals surface area contributed by atoms with Crippen LogP contribution in [0.1, 0.15) is 12.5 Å². The lowest BCUT2D eigenvalue weighted by molar-refractivity contribution is -0.133. The zero-order valence-corrected chi connectivity index (χ0v) is 13.3. The Morgan fingerprint density at radius 3 is 2.62 bits per heavy atom. The number of nitrogens with two attached hydrogens (primary N) is 1. The van der Waals surface area contributed by atoms with Crippen LogP contribution in [0.25, 0.3) is 0 Å². The molecule has 1 amide bonds. The minimum absolute atomic E-state index is 0.0157. The van der Waals surface area contributed by atoms with Crippen molar-refractivity contribution in [2.45, 2.75) is 13.0 Å². The van der Waals surface area contributed by atoms with Gasteiger partial charge in [0.05, 0.1) is 0 Å². The van der Waals surface area contributed by atoms with Gasteiger partial charge in [0.2, 0.25) is 0 Å². The van der Waals surface area contributed by atoms with Crippen molar-refractivity contribution in [1.82, 2.24) is 4.90 Å². The van der Waals surface area contributed by atoms with Gasteiger partial charge in [-0.15, -0.1) is 0 Å². The number of ether oxygens (including phenoxy) is 1. The normalized spacial score (nSPS) is 12.8. The first-order chi connectivity index (χ1) is 9.99. The first-order valence-electron chi connectivity index (χ1n) is 6.45. The number of amidine groups is 1. The molecular weight excluding hydrogens is 290 g/mol. The van der Waals surface area contributed by atoms with Crippen molar-refractivity contribution in [2.75, 3.05) is 25.7 Å². The maximum atomic E-state index is 12.0. The lowest BCUT2D eigenvalue weighted by Crippen LogP contribution is -2.39. The molecule has 0 aliphatic heterocycles. The summed E-state index contributed by atoms with van der Waals surface area (Å²) in [6.45, 7) is 1.98. The third-order valence-electron chi connectivity index (χ3n) is 3.08. The summed E-state index contributed by atoms with van der Waals surface area (Å²) in [6, 6.07) is 6.83. The third-order valence-corrected chi connectivity index (χ3v) is 3.90. The maximum Gasteiger partial charge on any atom is 0.260 e. The smallest absolute Gasteiger partial charge is 0.260 e. The number of carbonyl (C=O) groups excluding carboxylic acids is 1. The predicted octanol–water partition coefficient (Wildman–Crippen LogP) is 1.37. The molecule has 116 valence electrons. The number of nitrogens with zero attached hydrogens (tertiary/aromatic N) is 2. The summed E-state index contributed by atoms with van der Waals surface area (Å²) in [5.41, 5.74) is 6.05. The van der Waals surface area contributed by atoms with E-state index in [0.29, 0.717) is 11.3 Å². The van der Waals surface area contributed by atoms with Gasteiger partial charge in [-0.05, 0) is 37.4 Å². The second-order valence-electron chi connectivity index (χ2n) is 4.61. The number of amides is 1. The number of carbonyl (C=O) groups is 1. The molecule has 0 heterocycles. The molecule has 0 radical (unpaired) electrons. The van der Waals surface area contributed by atoms with Gasteiger partial charge in [-0.1, -0.05) is 5.16 Å². The number of benzene rings is 1. The van der Waals surface area contributed by atoms with Gasteiger partial charge in [-0.2, -0.15) is 11.8 Å². The standard InChI is InChI=1S/C14H21N3O3S/c1-10(9-21-3)17(2)13(18)8-20-12-6-4-11(5-7-12)14(15)16-19/h4-7,10,19H,8-9H2,1-3H3,(H2,15,16). The summed E-state index contributed by atoms with van der Waals surface area (Å²) in [7, 11) is 1.77. The first kappa shape index (κ1) is 17.2. The first-order valence-corrected chi connectivity index (χ1v) is 7.84. The topological polar surface area (TPSA) is 88.2 Å². The Morgan fingerprint density at radius 1 is 1.48 bits per heavy atom. The van der Waals surface area contributed by atoms with Crippen molar-refractivity contribution in [2.24, 2.45) is 10.9 Å². The highest BCUT2D eigenvalue weighted by Gasteiger charge is 2.15. The van der Waals surface area contributed by atoms with E-state index in [0.717, 1.165) is 5.75 Å². The highest BCUT2D eigenvalue weighted by Crippen LogP contribution is 2.12. The predicted molar refractivity (Wildman–Crippen MR) is 85.1 cm³/mol. The molecule has 0 aliphatic carbocycles. The number of hydrogen-bond acceptors (Lipinski definition) is 5. The molecular formula is C14H21N3O3S. The van der Waals surface area contributed by atoms with E-state index in [2.05, 4.69) is 5.16 Å². The Labute approximate surface area is 128 Å². The Balaban J connectivity index is 2.53. The summed E-state index contributed by atoms with van der Waals surface area (Å²) < 4.78 is 5.44. The van der Waals surface area contributed by atoms with Crippen LogP contribution in [0.15, 0.2) is 29.4 Å². The van der Waals surface area contributed by atoms with Gasteiger partial charge in [-0.25, -0.2) is 0 Å². The van der Waals surface area contributed by atoms with Crippen molar-refractivity contribution in [3.63, 3.8) is 0 Å². The summed E-state index contributed by atoms with van der Waals surface area (Å²) in [5.74, 6) is 1.40. The number of oxime groups is 1. The molecule has 0 spiro atoms. The Bertz CT molecular complexity index is 491. The lowest BCUT2D eigenvalue weighted by atomic mass is 10.2. The van der Waals surface area contributed by atoms with Crippen LogP contribution in [-0.2, 0) is 4.79 Å². The molecule has 0 saturated carbocycles. The van der Waals surface area contributed by atoms with E-state index in [4.69, 9.17) is 15.7 Å². The Kier molecular flexibility index (Phi) is 6.87. The molecule has 1 rings (SSSR count). The Morgan fingerprint density at radius 2 is 2.10 bits per heavy atom. The average molecular weight is 311 g/mol. The van der Waals surface area contributed by atoms with Gasteiger partial charge >= 0.3 is 0 Å². The number of likely N-dealkylation sites (N-methyl/N-ethyl adjacent to an activating group) is 1. The lowest BCUT2D eigenvalue weighted by Gasteiger charge is -2.24. The van der Waals surface area contributed by atoms with Crippen LogP contribution < -0.4 is 10.5 Å². The molecule has 21 heavy (non-hydrogen) atoms. The fraction of sp³-hybridized carbons (Fsp3) is 0.429. The summed E-state index contributed by atoms with van der Waals surface area (Å²) in [6.07, 6.45) is 2.01. The quantitative estimate of drug-likeness (QED) is 0.344. The highest BCUT2D eigenvalue weighted by atomic mass is 32.2. The van der Waals surface area contributed by atoms with Crippen molar-refractivity contribution in [1.29, 1.82) is 0 Å². The SMILES string of the molecule is CSCC(C)N(C)C(=O)COc1ccc(/C(N)=N/O)cc1. The molecule has 1 atom stereocenters. The maximum absolute atomic E-state index is 12.0. The molecule has 3 N–H and O–H groups in total. The number of thioether (sulfide) groups is 1. The zero-order chi connectivity index (χ0) is 15.8. The minimum Gasteiger partial charge on any atom is -0.484 e. The molecule has 7 heteroatoms. The molecule has 0 aliphatic rings. The molecule has 0 bridgehead atoms. The second-order valence-corrected chi connectivity index (χ2v) is 5.52. The molecule has 1 aromatic carbocycles. The van der Waals surface area contributed by atoms with Crippen molar-refractivity contribution in [3.05, 3.63) is 29.8 Å². The zero-order valence-electron chi connectivity index (χ0n) is 12.4. The third kappa shape index (κ3) is 5.18. The van der Waals surface area contributed by atoms with Gasteiger partial charge < -0.3 is 20.6 Å². The molecule has 1 unspecified atom stereocenters. The fourth-order valence-electron chi connectivity index (χ4n) is 1.63. The van der Waals surface area contributed by atoms with Crippen LogP contribution >= 0.6 is 11.8 Å². The second kappa shape index (κ2) is 8.41. The summed E-state index contributed by atoms with van der Waals surface area (Å²) in [4.78, 5) is 13.7. The summed E-state index contributed by atoms with van der Waals surface area (Å²) in [5, 5.41) is 11.5. The van der Waals surface area contributed by atoms with Crippen LogP contribution in [0, 0.1) is 0 Å². The van der Waals surface area contributed by atoms with Gasteiger partial charge in [-0.3, -0.25) is 4.79 Å². The minimum atomic E-state index is -0.0722. The number of rotatable bonds is 7. The van der Waals surface area contributed by atoms with Crippen LogP contribution in [0.5, 0.6) is 5.75 Å². The van der Waals surface area contributed by atoms with E-state index in [1.165, 1.54) is 0 Å². The fourth-order valence-corrected chi connectivity index (χ4v) is 2.33. The van der Waals surface area contributed by atoms with E-state index in [1.807, 2.05) is 13.2 Å². The van der Waals surface area contributed by atoms with Crippen molar-refractivity contribution < 1.29 is 14.7 Å². The van der Waals surface area contributed by atoms with Crippen LogP contribution in [0.3, 0.4) is 0 Å². The van der Waals surface area contributed by atoms with Crippen molar-refractivity contribution in [3.8, 4) is 5.75 Å². The van der Waals surface area contributed by atoms with Gasteiger partial charge in [0.1, 0.15) is 5.75 Å². The van der Waals surface area contributed by atoms with E-state index in [-0.39, 0.29) is 24.4 Å². The van der Waals surface area contributed by atoms with E-state index >= 15 is 0 Å². The van der Waals surface area contributed by atoms with E-state index < -0.39 is 0 Å². The molecule has 0 aromatic heterocycles. The summed E-state index contributed by atoms with van der Waals surface area (Å²) >= 11 is 1.70. The highest BCUT2D eigenvalue weighted by molar-refractivity contribution is 7.98. The van der Waals surface area contributed by atoms with Crippen LogP contribution in [0.2, 0.25) is 0 Å².